The lowest BCUT2D eigenvalue weighted by atomic mass is 10.0. The van der Waals surface area contributed by atoms with E-state index in [2.05, 4.69) is 13.8 Å². The molecule has 0 amide bonds. The molecule has 0 bridgehead atoms. The molecule has 0 unspecified atom stereocenters. The summed E-state index contributed by atoms with van der Waals surface area (Å²) in [6, 6.07) is 12.3. The lowest BCUT2D eigenvalue weighted by molar-refractivity contribution is 0.475. The van der Waals surface area contributed by atoms with E-state index >= 15 is 0 Å². The van der Waals surface area contributed by atoms with Crippen molar-refractivity contribution in [3.63, 3.8) is 0 Å². The second-order valence-electron chi connectivity index (χ2n) is 4.76. The summed E-state index contributed by atoms with van der Waals surface area (Å²) in [6.45, 7) is 4.24. The van der Waals surface area contributed by atoms with Crippen LogP contribution >= 0.6 is 11.6 Å². The lowest BCUT2D eigenvalue weighted by Gasteiger charge is -2.10. The van der Waals surface area contributed by atoms with Crippen molar-refractivity contribution in [2.75, 3.05) is 0 Å². The van der Waals surface area contributed by atoms with Gasteiger partial charge in [0, 0.05) is 11.9 Å². The summed E-state index contributed by atoms with van der Waals surface area (Å²) in [4.78, 5) is 0. The minimum absolute atomic E-state index is 0.264. The maximum absolute atomic E-state index is 13.4. The van der Waals surface area contributed by atoms with Crippen LogP contribution in [-0.4, -0.2) is 0 Å². The maximum atomic E-state index is 13.4. The summed E-state index contributed by atoms with van der Waals surface area (Å²) >= 11 is 5.72. The second-order valence-corrected chi connectivity index (χ2v) is 5.03. The maximum Gasteiger partial charge on any atom is 0.130 e. The van der Waals surface area contributed by atoms with Gasteiger partial charge in [0.05, 0.1) is 0 Å². The quantitative estimate of drug-likeness (QED) is 0.673. The Balaban J connectivity index is 2.25. The zero-order valence-electron chi connectivity index (χ0n) is 11.0. The standard InChI is InChI=1S/C16H16ClFO/c1-11(2)13-4-3-5-15(8-13)19-16-7-12(10-17)6-14(18)9-16/h3-9,11H,10H2,1-2H3. The summed E-state index contributed by atoms with van der Waals surface area (Å²) in [5.41, 5.74) is 1.89. The predicted octanol–water partition coefficient (Wildman–Crippen LogP) is 5.48. The van der Waals surface area contributed by atoms with Crippen LogP contribution < -0.4 is 4.74 Å². The molecule has 0 fully saturated rings. The molecule has 0 N–H and O–H groups in total. The van der Waals surface area contributed by atoms with Crippen molar-refractivity contribution in [3.8, 4) is 11.5 Å². The zero-order chi connectivity index (χ0) is 13.8. The van der Waals surface area contributed by atoms with Gasteiger partial charge in [-0.25, -0.2) is 4.39 Å². The van der Waals surface area contributed by atoms with Gasteiger partial charge in [0.2, 0.25) is 0 Å². The molecule has 1 nitrogen and oxygen atoms in total. The van der Waals surface area contributed by atoms with E-state index in [9.17, 15) is 4.39 Å². The van der Waals surface area contributed by atoms with Gasteiger partial charge in [-0.1, -0.05) is 26.0 Å². The molecule has 2 aromatic rings. The van der Waals surface area contributed by atoms with Crippen LogP contribution in [0.15, 0.2) is 42.5 Å². The highest BCUT2D eigenvalue weighted by molar-refractivity contribution is 6.17. The Kier molecular flexibility index (Phi) is 4.43. The molecule has 0 spiro atoms. The van der Waals surface area contributed by atoms with Crippen molar-refractivity contribution in [3.05, 3.63) is 59.4 Å². The van der Waals surface area contributed by atoms with E-state index < -0.39 is 0 Å². The van der Waals surface area contributed by atoms with Crippen LogP contribution in [-0.2, 0) is 5.88 Å². The fraction of sp³-hybridized carbons (Fsp3) is 0.250. The third-order valence-corrected chi connectivity index (χ3v) is 3.15. The van der Waals surface area contributed by atoms with Gasteiger partial charge in [0.1, 0.15) is 17.3 Å². The van der Waals surface area contributed by atoms with Gasteiger partial charge in [-0.3, -0.25) is 0 Å². The van der Waals surface area contributed by atoms with E-state index in [1.54, 1.807) is 6.07 Å². The summed E-state index contributed by atoms with van der Waals surface area (Å²) in [5.74, 6) is 1.52. The molecule has 0 radical (unpaired) electrons. The van der Waals surface area contributed by atoms with Gasteiger partial charge >= 0.3 is 0 Å². The molecule has 0 aliphatic carbocycles. The number of hydrogen-bond donors (Lipinski definition) is 0. The van der Waals surface area contributed by atoms with Crippen molar-refractivity contribution in [1.82, 2.24) is 0 Å². The molecular formula is C16H16ClFO. The van der Waals surface area contributed by atoms with Crippen LogP contribution in [0.1, 0.15) is 30.9 Å². The third kappa shape index (κ3) is 3.71. The first-order valence-electron chi connectivity index (χ1n) is 6.21. The van der Waals surface area contributed by atoms with Gasteiger partial charge in [-0.15, -0.1) is 11.6 Å². The van der Waals surface area contributed by atoms with Gasteiger partial charge in [-0.2, -0.15) is 0 Å². The van der Waals surface area contributed by atoms with E-state index in [0.29, 0.717) is 23.0 Å². The first kappa shape index (κ1) is 13.9. The molecule has 2 rings (SSSR count). The minimum atomic E-state index is -0.340. The Bertz CT molecular complexity index is 566. The van der Waals surface area contributed by atoms with Crippen LogP contribution in [0.3, 0.4) is 0 Å². The van der Waals surface area contributed by atoms with Crippen molar-refractivity contribution in [2.24, 2.45) is 0 Å². The van der Waals surface area contributed by atoms with Gasteiger partial charge in [0.25, 0.3) is 0 Å². The Labute approximate surface area is 118 Å². The molecule has 19 heavy (non-hydrogen) atoms. The molecule has 3 heteroatoms. The van der Waals surface area contributed by atoms with E-state index in [0.717, 1.165) is 0 Å². The number of benzene rings is 2. The summed E-state index contributed by atoms with van der Waals surface area (Å²) < 4.78 is 19.1. The summed E-state index contributed by atoms with van der Waals surface area (Å²) in [7, 11) is 0. The molecule has 0 heterocycles. The van der Waals surface area contributed by atoms with E-state index in [-0.39, 0.29) is 11.7 Å². The topological polar surface area (TPSA) is 9.23 Å². The molecule has 0 saturated heterocycles. The van der Waals surface area contributed by atoms with E-state index in [1.165, 1.54) is 17.7 Å². The molecule has 2 aromatic carbocycles. The highest BCUT2D eigenvalue weighted by atomic mass is 35.5. The largest absolute Gasteiger partial charge is 0.457 e. The molecule has 0 aliphatic heterocycles. The van der Waals surface area contributed by atoms with Crippen molar-refractivity contribution in [1.29, 1.82) is 0 Å². The number of rotatable bonds is 4. The van der Waals surface area contributed by atoms with Crippen LogP contribution in [0.4, 0.5) is 4.39 Å². The number of ether oxygens (including phenoxy) is 1. The van der Waals surface area contributed by atoms with Gasteiger partial charge < -0.3 is 4.74 Å². The fourth-order valence-electron chi connectivity index (χ4n) is 1.83. The molecule has 0 saturated carbocycles. The Morgan fingerprint density at radius 1 is 1.11 bits per heavy atom. The van der Waals surface area contributed by atoms with E-state index in [1.807, 2.05) is 24.3 Å². The van der Waals surface area contributed by atoms with Gasteiger partial charge in [-0.05, 0) is 41.3 Å². The number of hydrogen-bond acceptors (Lipinski definition) is 1. The zero-order valence-corrected chi connectivity index (χ0v) is 11.7. The molecular weight excluding hydrogens is 263 g/mol. The Morgan fingerprint density at radius 2 is 1.89 bits per heavy atom. The lowest BCUT2D eigenvalue weighted by Crippen LogP contribution is -1.91. The second kappa shape index (κ2) is 6.07. The SMILES string of the molecule is CC(C)c1cccc(Oc2cc(F)cc(CCl)c2)c1. The average molecular weight is 279 g/mol. The highest BCUT2D eigenvalue weighted by Gasteiger charge is 2.05. The van der Waals surface area contributed by atoms with Gasteiger partial charge in [0.15, 0.2) is 0 Å². The van der Waals surface area contributed by atoms with Crippen LogP contribution in [0.5, 0.6) is 11.5 Å². The number of halogens is 2. The monoisotopic (exact) mass is 278 g/mol. The first-order valence-corrected chi connectivity index (χ1v) is 6.75. The van der Waals surface area contributed by atoms with Crippen molar-refractivity contribution in [2.45, 2.75) is 25.6 Å². The summed E-state index contributed by atoms with van der Waals surface area (Å²) in [6.07, 6.45) is 0. The van der Waals surface area contributed by atoms with Crippen molar-refractivity contribution >= 4 is 11.6 Å². The van der Waals surface area contributed by atoms with Crippen LogP contribution in [0.2, 0.25) is 0 Å². The highest BCUT2D eigenvalue weighted by Crippen LogP contribution is 2.27. The van der Waals surface area contributed by atoms with Crippen LogP contribution in [0.25, 0.3) is 0 Å². The molecule has 0 atom stereocenters. The van der Waals surface area contributed by atoms with Crippen molar-refractivity contribution < 1.29 is 9.13 Å². The molecule has 0 aliphatic rings. The van der Waals surface area contributed by atoms with E-state index in [4.69, 9.17) is 16.3 Å². The number of alkyl halides is 1. The predicted molar refractivity (Wildman–Crippen MR) is 76.6 cm³/mol. The smallest absolute Gasteiger partial charge is 0.130 e. The van der Waals surface area contributed by atoms with Crippen LogP contribution in [0, 0.1) is 5.82 Å². The first-order chi connectivity index (χ1) is 9.08. The average Bonchev–Trinajstić information content (AvgIpc) is 2.38. The Morgan fingerprint density at radius 3 is 2.58 bits per heavy atom. The summed E-state index contributed by atoms with van der Waals surface area (Å²) in [5, 5.41) is 0. The molecule has 0 aromatic heterocycles. The Hall–Kier alpha value is -1.54. The fourth-order valence-corrected chi connectivity index (χ4v) is 1.98. The third-order valence-electron chi connectivity index (χ3n) is 2.85. The normalized spacial score (nSPS) is 10.8. The minimum Gasteiger partial charge on any atom is -0.457 e. The molecule has 100 valence electrons.